The fraction of sp³-hybridized carbons (Fsp3) is 0.455. The van der Waals surface area contributed by atoms with Gasteiger partial charge in [0, 0.05) is 37.9 Å². The van der Waals surface area contributed by atoms with Crippen LogP contribution in [0.25, 0.3) is 0 Å². The minimum atomic E-state index is -3.83. The topological polar surface area (TPSA) is 52.6 Å². The minimum absolute atomic E-state index is 0.0834. The average molecular weight is 452 g/mol. The molecule has 0 aromatic heterocycles. The molecule has 0 amide bonds. The molecule has 1 fully saturated rings. The second-order valence-corrected chi connectivity index (χ2v) is 10.4. The van der Waals surface area contributed by atoms with E-state index in [0.717, 1.165) is 51.2 Å². The maximum Gasteiger partial charge on any atom is 0.242 e. The van der Waals surface area contributed by atoms with Crippen molar-refractivity contribution >= 4 is 27.3 Å². The Labute approximate surface area is 182 Å². The third-order valence-corrected chi connectivity index (χ3v) is 8.19. The van der Waals surface area contributed by atoms with E-state index in [1.54, 1.807) is 0 Å². The summed E-state index contributed by atoms with van der Waals surface area (Å²) in [6.45, 7) is 6.08. The van der Waals surface area contributed by atoms with E-state index < -0.39 is 15.8 Å². The van der Waals surface area contributed by atoms with Gasteiger partial charge in [-0.1, -0.05) is 17.7 Å². The van der Waals surface area contributed by atoms with E-state index >= 15 is 0 Å². The summed E-state index contributed by atoms with van der Waals surface area (Å²) in [5.41, 5.74) is 5.04. The van der Waals surface area contributed by atoms with E-state index in [1.807, 2.05) is 0 Å². The van der Waals surface area contributed by atoms with Crippen LogP contribution in [0.5, 0.6) is 0 Å². The molecule has 0 saturated carbocycles. The van der Waals surface area contributed by atoms with Crippen molar-refractivity contribution in [3.8, 4) is 0 Å². The molecule has 0 bridgehead atoms. The zero-order valence-electron chi connectivity index (χ0n) is 17.3. The number of benzene rings is 2. The quantitative estimate of drug-likeness (QED) is 0.774. The monoisotopic (exact) mass is 451 g/mol. The number of hydrogen-bond donors (Lipinski definition) is 1. The van der Waals surface area contributed by atoms with Gasteiger partial charge in [-0.05, 0) is 74.2 Å². The Kier molecular flexibility index (Phi) is 6.08. The van der Waals surface area contributed by atoms with Crippen molar-refractivity contribution in [3.63, 3.8) is 0 Å². The van der Waals surface area contributed by atoms with E-state index in [-0.39, 0.29) is 16.0 Å². The summed E-state index contributed by atoms with van der Waals surface area (Å²) in [6, 6.07) is 7.49. The van der Waals surface area contributed by atoms with Crippen LogP contribution in [0.4, 0.5) is 10.1 Å². The predicted octanol–water partition coefficient (Wildman–Crippen LogP) is 3.38. The van der Waals surface area contributed by atoms with Gasteiger partial charge in [0.25, 0.3) is 0 Å². The summed E-state index contributed by atoms with van der Waals surface area (Å²) in [5.74, 6) is -0.558. The van der Waals surface area contributed by atoms with Crippen molar-refractivity contribution in [2.45, 2.75) is 37.1 Å². The summed E-state index contributed by atoms with van der Waals surface area (Å²) in [4.78, 5) is 4.65. The van der Waals surface area contributed by atoms with Gasteiger partial charge in [0.1, 0.15) is 10.7 Å². The minimum Gasteiger partial charge on any atom is -0.369 e. The van der Waals surface area contributed by atoms with E-state index in [4.69, 9.17) is 11.6 Å². The number of likely N-dealkylation sites (N-methyl/N-ethyl adjacent to an activating group) is 1. The highest BCUT2D eigenvalue weighted by molar-refractivity contribution is 7.89. The van der Waals surface area contributed by atoms with Crippen molar-refractivity contribution in [1.29, 1.82) is 0 Å². The number of nitrogens with zero attached hydrogens (tertiary/aromatic N) is 2. The first-order valence-corrected chi connectivity index (χ1v) is 12.1. The molecule has 2 aromatic rings. The summed E-state index contributed by atoms with van der Waals surface area (Å²) in [7, 11) is -1.70. The van der Waals surface area contributed by atoms with Gasteiger partial charge in [-0.25, -0.2) is 17.5 Å². The molecule has 2 aliphatic rings. The Morgan fingerprint density at radius 1 is 1.10 bits per heavy atom. The first-order chi connectivity index (χ1) is 14.2. The van der Waals surface area contributed by atoms with Crippen LogP contribution in [-0.2, 0) is 22.9 Å². The number of fused-ring (bicyclic) bond motifs is 1. The number of piperazine rings is 1. The van der Waals surface area contributed by atoms with Crippen molar-refractivity contribution < 1.29 is 12.8 Å². The first-order valence-electron chi connectivity index (χ1n) is 10.3. The number of halogens is 2. The molecular weight excluding hydrogens is 425 g/mol. The van der Waals surface area contributed by atoms with E-state index in [2.05, 4.69) is 40.6 Å². The summed E-state index contributed by atoms with van der Waals surface area (Å²) in [6.07, 6.45) is 2.18. The summed E-state index contributed by atoms with van der Waals surface area (Å²) < 4.78 is 41.9. The van der Waals surface area contributed by atoms with Crippen LogP contribution >= 0.6 is 11.6 Å². The highest BCUT2D eigenvalue weighted by Gasteiger charge is 2.29. The Morgan fingerprint density at radius 2 is 1.83 bits per heavy atom. The van der Waals surface area contributed by atoms with Gasteiger partial charge in [-0.15, -0.1) is 0 Å². The summed E-state index contributed by atoms with van der Waals surface area (Å²) in [5, 5.41) is -0.104. The SMILES string of the molecule is Cc1ccc(N2CCN(C)CC2)c2c1CC[C@@H](NS(=O)(=O)c1ccc(F)cc1Cl)C2. The molecule has 30 heavy (non-hydrogen) atoms. The molecule has 1 saturated heterocycles. The smallest absolute Gasteiger partial charge is 0.242 e. The zero-order valence-corrected chi connectivity index (χ0v) is 18.9. The van der Waals surface area contributed by atoms with Gasteiger partial charge in [-0.3, -0.25) is 0 Å². The van der Waals surface area contributed by atoms with Gasteiger partial charge >= 0.3 is 0 Å². The first kappa shape index (κ1) is 21.6. The van der Waals surface area contributed by atoms with Gasteiger partial charge in [0.05, 0.1) is 5.02 Å². The van der Waals surface area contributed by atoms with E-state index in [0.29, 0.717) is 6.42 Å². The Balaban J connectivity index is 1.59. The predicted molar refractivity (Wildman–Crippen MR) is 118 cm³/mol. The van der Waals surface area contributed by atoms with E-state index in [1.165, 1.54) is 28.4 Å². The van der Waals surface area contributed by atoms with Gasteiger partial charge in [0.15, 0.2) is 0 Å². The Bertz CT molecular complexity index is 1050. The van der Waals surface area contributed by atoms with Crippen LogP contribution in [0.2, 0.25) is 5.02 Å². The van der Waals surface area contributed by atoms with Gasteiger partial charge in [-0.2, -0.15) is 0 Å². The average Bonchev–Trinajstić information content (AvgIpc) is 2.68. The van der Waals surface area contributed by atoms with E-state index in [9.17, 15) is 12.8 Å². The third kappa shape index (κ3) is 4.35. The lowest BCUT2D eigenvalue weighted by Crippen LogP contribution is -2.45. The highest BCUT2D eigenvalue weighted by Crippen LogP contribution is 2.34. The molecule has 162 valence electrons. The molecule has 4 rings (SSSR count). The lowest BCUT2D eigenvalue weighted by Gasteiger charge is -2.37. The van der Waals surface area contributed by atoms with Gasteiger partial charge in [0.2, 0.25) is 10.0 Å². The largest absolute Gasteiger partial charge is 0.369 e. The molecule has 8 heteroatoms. The molecule has 2 aromatic carbocycles. The maximum atomic E-state index is 13.3. The maximum absolute atomic E-state index is 13.3. The van der Waals surface area contributed by atoms with Crippen molar-refractivity contribution in [1.82, 2.24) is 9.62 Å². The number of aryl methyl sites for hydroxylation is 1. The third-order valence-electron chi connectivity index (χ3n) is 6.18. The lowest BCUT2D eigenvalue weighted by atomic mass is 9.84. The molecular formula is C22H27ClFN3O2S. The van der Waals surface area contributed by atoms with Crippen LogP contribution in [0, 0.1) is 12.7 Å². The van der Waals surface area contributed by atoms with Crippen LogP contribution in [0.1, 0.15) is 23.1 Å². The standard InChI is InChI=1S/C22H27ClFN3O2S/c1-15-3-7-21(27-11-9-26(2)10-12-27)19-14-17(5-6-18(15)19)25-30(28,29)22-8-4-16(24)13-20(22)23/h3-4,7-8,13,17,25H,5-6,9-12,14H2,1-2H3/t17-/m1/s1. The number of sulfonamides is 1. The second kappa shape index (κ2) is 8.46. The molecule has 0 unspecified atom stereocenters. The number of rotatable bonds is 4. The number of nitrogens with one attached hydrogen (secondary N) is 1. The second-order valence-electron chi connectivity index (χ2n) is 8.28. The fourth-order valence-electron chi connectivity index (χ4n) is 4.46. The zero-order chi connectivity index (χ0) is 21.5. The molecule has 1 aliphatic heterocycles. The molecule has 1 aliphatic carbocycles. The van der Waals surface area contributed by atoms with Crippen LogP contribution < -0.4 is 9.62 Å². The lowest BCUT2D eigenvalue weighted by molar-refractivity contribution is 0.312. The molecule has 1 N–H and O–H groups in total. The fourth-order valence-corrected chi connectivity index (χ4v) is 6.26. The number of hydrogen-bond acceptors (Lipinski definition) is 4. The number of anilines is 1. The molecule has 0 spiro atoms. The van der Waals surface area contributed by atoms with Crippen molar-refractivity contribution in [2.24, 2.45) is 0 Å². The van der Waals surface area contributed by atoms with Crippen LogP contribution in [0.3, 0.4) is 0 Å². The van der Waals surface area contributed by atoms with Crippen molar-refractivity contribution in [3.05, 3.63) is 57.9 Å². The van der Waals surface area contributed by atoms with Crippen molar-refractivity contribution in [2.75, 3.05) is 38.1 Å². The van der Waals surface area contributed by atoms with Crippen LogP contribution in [0.15, 0.2) is 35.2 Å². The Morgan fingerprint density at radius 3 is 2.53 bits per heavy atom. The molecule has 1 heterocycles. The highest BCUT2D eigenvalue weighted by atomic mass is 35.5. The molecule has 5 nitrogen and oxygen atoms in total. The van der Waals surface area contributed by atoms with Gasteiger partial charge < -0.3 is 9.80 Å². The normalized spacial score (nSPS) is 20.3. The van der Waals surface area contributed by atoms with Crippen LogP contribution in [-0.4, -0.2) is 52.6 Å². The summed E-state index contributed by atoms with van der Waals surface area (Å²) >= 11 is 6.00. The Hall–Kier alpha value is -1.67. The molecule has 0 radical (unpaired) electrons. The molecule has 1 atom stereocenters.